The highest BCUT2D eigenvalue weighted by Gasteiger charge is 2.30. The molecule has 2 amide bonds. The molecular weight excluding hydrogens is 472 g/mol. The Morgan fingerprint density at radius 2 is 1.83 bits per heavy atom. The molecule has 0 spiro atoms. The summed E-state index contributed by atoms with van der Waals surface area (Å²) < 4.78 is 5.88. The minimum absolute atomic E-state index is 0.0408. The van der Waals surface area contributed by atoms with Crippen molar-refractivity contribution in [2.45, 2.75) is 51.5 Å². The number of carbonyl (C=O) groups excluding carboxylic acids is 2. The minimum Gasteiger partial charge on any atom is -0.492 e. The zero-order valence-electron chi connectivity index (χ0n) is 21.0. The molecule has 0 bridgehead atoms. The molecule has 0 aromatic heterocycles. The third kappa shape index (κ3) is 6.75. The molecule has 36 heavy (non-hydrogen) atoms. The van der Waals surface area contributed by atoms with Gasteiger partial charge in [-0.25, -0.2) is 0 Å². The van der Waals surface area contributed by atoms with Crippen LogP contribution in [0.2, 0.25) is 0 Å². The maximum atomic E-state index is 13.3. The van der Waals surface area contributed by atoms with E-state index in [2.05, 4.69) is 34.9 Å². The number of nitrogens with zero attached hydrogens (tertiary/aromatic N) is 2. The molecule has 1 aromatic rings. The van der Waals surface area contributed by atoms with Gasteiger partial charge < -0.3 is 25.2 Å². The molecular formula is C28H36N4O3S. The van der Waals surface area contributed by atoms with Gasteiger partial charge in [-0.1, -0.05) is 42.5 Å². The Hall–Kier alpha value is -3.13. The predicted octanol–water partition coefficient (Wildman–Crippen LogP) is 3.75. The van der Waals surface area contributed by atoms with E-state index >= 15 is 0 Å². The van der Waals surface area contributed by atoms with Gasteiger partial charge in [0.05, 0.1) is 18.8 Å². The zero-order valence-corrected chi connectivity index (χ0v) is 21.8. The van der Waals surface area contributed by atoms with E-state index < -0.39 is 6.04 Å². The second-order valence-electron chi connectivity index (χ2n) is 9.34. The number of amides is 2. The molecule has 0 radical (unpaired) electrons. The first-order valence-electron chi connectivity index (χ1n) is 13.0. The summed E-state index contributed by atoms with van der Waals surface area (Å²) in [6.07, 6.45) is 11.4. The van der Waals surface area contributed by atoms with Crippen LogP contribution >= 0.6 is 12.2 Å². The van der Waals surface area contributed by atoms with Crippen molar-refractivity contribution in [1.29, 1.82) is 0 Å². The standard InChI is InChI=1S/C28H36N4O3S/c1-2-35-25-16-14-22(21-10-4-3-5-11-21)13-15-23(25)29-28(36)30-24-12-6-7-19-32(27(24)34)20-26(33)31-17-8-9-18-31/h3-5,10-11,14-16,24H,2,6-9,12-13,17-20H2,1H3,(H2,29,30,36). The number of likely N-dealkylation sites (tertiary alicyclic amines) is 2. The Morgan fingerprint density at radius 3 is 2.58 bits per heavy atom. The Kier molecular flexibility index (Phi) is 9.17. The number of thiocarbonyl (C=S) groups is 1. The molecule has 8 heteroatoms. The largest absolute Gasteiger partial charge is 0.492 e. The number of nitrogens with one attached hydrogen (secondary N) is 2. The summed E-state index contributed by atoms with van der Waals surface area (Å²) in [5.74, 6) is 0.685. The number of rotatable bonds is 7. The van der Waals surface area contributed by atoms with Crippen LogP contribution in [-0.2, 0) is 14.3 Å². The molecule has 2 saturated heterocycles. The average molecular weight is 509 g/mol. The predicted molar refractivity (Wildman–Crippen MR) is 146 cm³/mol. The highest BCUT2D eigenvalue weighted by atomic mass is 32.1. The normalized spacial score (nSPS) is 20.5. The summed E-state index contributed by atoms with van der Waals surface area (Å²) in [6, 6.07) is 9.80. The maximum Gasteiger partial charge on any atom is 0.245 e. The van der Waals surface area contributed by atoms with Crippen LogP contribution in [0.15, 0.2) is 60.0 Å². The van der Waals surface area contributed by atoms with E-state index in [0.717, 1.165) is 56.5 Å². The van der Waals surface area contributed by atoms with E-state index in [-0.39, 0.29) is 18.4 Å². The summed E-state index contributed by atoms with van der Waals surface area (Å²) >= 11 is 5.62. The summed E-state index contributed by atoms with van der Waals surface area (Å²) in [6.45, 7) is 4.82. The molecule has 0 saturated carbocycles. The van der Waals surface area contributed by atoms with Crippen LogP contribution in [0.5, 0.6) is 0 Å². The van der Waals surface area contributed by atoms with Crippen molar-refractivity contribution in [3.63, 3.8) is 0 Å². The molecule has 2 N–H and O–H groups in total. The molecule has 2 heterocycles. The molecule has 1 aliphatic carbocycles. The van der Waals surface area contributed by atoms with Crippen molar-refractivity contribution in [1.82, 2.24) is 20.4 Å². The smallest absolute Gasteiger partial charge is 0.245 e. The first-order valence-corrected chi connectivity index (χ1v) is 13.4. The van der Waals surface area contributed by atoms with E-state index in [9.17, 15) is 9.59 Å². The lowest BCUT2D eigenvalue weighted by Gasteiger charge is -2.27. The van der Waals surface area contributed by atoms with Crippen molar-refractivity contribution in [2.24, 2.45) is 0 Å². The van der Waals surface area contributed by atoms with Gasteiger partial charge in [0.2, 0.25) is 11.8 Å². The molecule has 1 aromatic carbocycles. The van der Waals surface area contributed by atoms with Crippen LogP contribution in [0.25, 0.3) is 5.57 Å². The minimum atomic E-state index is -0.456. The van der Waals surface area contributed by atoms with Gasteiger partial charge in [0.25, 0.3) is 0 Å². The summed E-state index contributed by atoms with van der Waals surface area (Å²) in [5, 5.41) is 6.86. The first kappa shape index (κ1) is 25.9. The van der Waals surface area contributed by atoms with Crippen molar-refractivity contribution < 1.29 is 14.3 Å². The van der Waals surface area contributed by atoms with Gasteiger partial charge in [0.15, 0.2) is 5.11 Å². The lowest BCUT2D eigenvalue weighted by Crippen LogP contribution is -2.52. The van der Waals surface area contributed by atoms with Gasteiger partial charge in [0, 0.05) is 19.6 Å². The van der Waals surface area contributed by atoms with Crippen LogP contribution < -0.4 is 10.6 Å². The fraction of sp³-hybridized carbons (Fsp3) is 0.464. The number of carbonyl (C=O) groups is 2. The van der Waals surface area contributed by atoms with E-state index in [1.807, 2.05) is 36.1 Å². The van der Waals surface area contributed by atoms with Crippen molar-refractivity contribution in [2.75, 3.05) is 32.8 Å². The van der Waals surface area contributed by atoms with Crippen molar-refractivity contribution in [3.05, 3.63) is 65.6 Å². The van der Waals surface area contributed by atoms with Crippen LogP contribution in [0.1, 0.15) is 51.0 Å². The molecule has 4 rings (SSSR count). The van der Waals surface area contributed by atoms with Crippen LogP contribution in [-0.4, -0.2) is 65.6 Å². The maximum absolute atomic E-state index is 13.3. The number of benzene rings is 1. The lowest BCUT2D eigenvalue weighted by molar-refractivity contribution is -0.140. The Morgan fingerprint density at radius 1 is 1.08 bits per heavy atom. The fourth-order valence-electron chi connectivity index (χ4n) is 4.85. The lowest BCUT2D eigenvalue weighted by atomic mass is 10.0. The SMILES string of the molecule is CCOC1=CC=C(c2ccccc2)CC=C1NC(=S)NC1CCCCN(CC(=O)N2CCCC2)C1=O. The number of hydrogen-bond acceptors (Lipinski definition) is 4. The van der Waals surface area contributed by atoms with Crippen molar-refractivity contribution >= 4 is 34.7 Å². The highest BCUT2D eigenvalue weighted by molar-refractivity contribution is 7.80. The third-order valence-electron chi connectivity index (χ3n) is 6.79. The summed E-state index contributed by atoms with van der Waals surface area (Å²) in [5.41, 5.74) is 3.12. The second kappa shape index (κ2) is 12.7. The Bertz CT molecular complexity index is 1040. The average Bonchev–Trinajstić information content (AvgIpc) is 3.30. The van der Waals surface area contributed by atoms with E-state index in [0.29, 0.717) is 30.4 Å². The second-order valence-corrected chi connectivity index (χ2v) is 9.75. The van der Waals surface area contributed by atoms with Gasteiger partial charge in [-0.05, 0) is 74.9 Å². The number of ether oxygens (including phenoxy) is 1. The van der Waals surface area contributed by atoms with E-state index in [1.165, 1.54) is 5.57 Å². The van der Waals surface area contributed by atoms with Gasteiger partial charge in [-0.15, -0.1) is 0 Å². The number of hydrogen-bond donors (Lipinski definition) is 2. The monoisotopic (exact) mass is 508 g/mol. The first-order chi connectivity index (χ1) is 17.5. The zero-order chi connectivity index (χ0) is 25.3. The van der Waals surface area contributed by atoms with Crippen LogP contribution in [0, 0.1) is 0 Å². The molecule has 7 nitrogen and oxygen atoms in total. The molecule has 2 fully saturated rings. The summed E-state index contributed by atoms with van der Waals surface area (Å²) in [4.78, 5) is 29.5. The van der Waals surface area contributed by atoms with Gasteiger partial charge in [-0.2, -0.15) is 0 Å². The van der Waals surface area contributed by atoms with Crippen molar-refractivity contribution in [3.8, 4) is 0 Å². The van der Waals surface area contributed by atoms with Gasteiger partial charge >= 0.3 is 0 Å². The van der Waals surface area contributed by atoms with E-state index in [4.69, 9.17) is 17.0 Å². The van der Waals surface area contributed by atoms with Gasteiger partial charge in [0.1, 0.15) is 11.8 Å². The Balaban J connectivity index is 1.39. The molecule has 2 aliphatic heterocycles. The van der Waals surface area contributed by atoms with E-state index in [1.54, 1.807) is 4.90 Å². The Labute approximate surface area is 219 Å². The fourth-order valence-corrected chi connectivity index (χ4v) is 5.10. The molecule has 1 atom stereocenters. The number of allylic oxidation sites excluding steroid dienone is 4. The third-order valence-corrected chi connectivity index (χ3v) is 7.01. The van der Waals surface area contributed by atoms with Crippen LogP contribution in [0.3, 0.4) is 0 Å². The molecule has 3 aliphatic rings. The topological polar surface area (TPSA) is 73.9 Å². The van der Waals surface area contributed by atoms with Gasteiger partial charge in [-0.3, -0.25) is 9.59 Å². The highest BCUT2D eigenvalue weighted by Crippen LogP contribution is 2.25. The summed E-state index contributed by atoms with van der Waals surface area (Å²) in [7, 11) is 0. The molecule has 192 valence electrons. The molecule has 1 unspecified atom stereocenters. The van der Waals surface area contributed by atoms with Crippen LogP contribution in [0.4, 0.5) is 0 Å². The quantitative estimate of drug-likeness (QED) is 0.547.